The van der Waals surface area contributed by atoms with Gasteiger partial charge in [0.25, 0.3) is 10.1 Å². The molecule has 11 heteroatoms. The first-order chi connectivity index (χ1) is 12.7. The third kappa shape index (κ3) is 25.1. The molecule has 0 aliphatic carbocycles. The van der Waals surface area contributed by atoms with E-state index >= 15 is 0 Å². The van der Waals surface area contributed by atoms with E-state index in [1.807, 2.05) is 0 Å². The van der Waals surface area contributed by atoms with Gasteiger partial charge < -0.3 is 9.11 Å². The van der Waals surface area contributed by atoms with E-state index < -0.39 is 20.5 Å². The fourth-order valence-corrected chi connectivity index (χ4v) is 3.38. The average molecular weight is 469 g/mol. The van der Waals surface area contributed by atoms with Gasteiger partial charge in [-0.2, -0.15) is 8.42 Å². The maximum atomic E-state index is 11.9. The smallest absolute Gasteiger partial charge is 0.759 e. The summed E-state index contributed by atoms with van der Waals surface area (Å²) >= 11 is 0. The minimum absolute atomic E-state index is 0. The Balaban J connectivity index is -0.000000860. The second-order valence-corrected chi connectivity index (χ2v) is 8.61. The van der Waals surface area contributed by atoms with Gasteiger partial charge in [0.15, 0.2) is 0 Å². The fourth-order valence-electron chi connectivity index (χ4n) is 2.41. The minimum atomic E-state index is -5.17. The summed E-state index contributed by atoms with van der Waals surface area (Å²) in [6.45, 7) is 2.52. The Morgan fingerprint density at radius 2 is 1.10 bits per heavy atom. The quantitative estimate of drug-likeness (QED) is 0.108. The van der Waals surface area contributed by atoms with Gasteiger partial charge in [-0.05, 0) is 18.6 Å². The molecule has 0 amide bonds. The van der Waals surface area contributed by atoms with Gasteiger partial charge in [-0.25, -0.2) is 0 Å². The van der Waals surface area contributed by atoms with Crippen molar-refractivity contribution in [2.24, 2.45) is 0 Å². The SMILES string of the molecule is CCCCCCCCCCCCOS(=O)(=O)c1ccccc1.O=S(=O)([O-])[O-].[Na+].[Na+]. The number of unbranched alkanes of at least 4 members (excludes halogenated alkanes) is 9. The van der Waals surface area contributed by atoms with Crippen molar-refractivity contribution in [3.05, 3.63) is 30.3 Å². The predicted molar refractivity (Wildman–Crippen MR) is 102 cm³/mol. The van der Waals surface area contributed by atoms with Crippen molar-refractivity contribution in [2.75, 3.05) is 6.61 Å². The molecule has 0 spiro atoms. The standard InChI is InChI=1S/C18H30O3S.2Na.H2O4S/c1-2-3-4-5-6-7-8-9-10-14-17-21-22(19,20)18-15-12-11-13-16-18;;;1-5(2,3)4/h11-13,15-16H,2-10,14,17H2,1H3;;;(H2,1,2,3,4)/q;2*+1;/p-2. The fraction of sp³-hybridized carbons (Fsp3) is 0.667. The summed E-state index contributed by atoms with van der Waals surface area (Å²) in [5, 5.41) is 0. The minimum Gasteiger partial charge on any atom is -0.759 e. The molecule has 0 aromatic heterocycles. The van der Waals surface area contributed by atoms with Gasteiger partial charge >= 0.3 is 59.1 Å². The molecule has 0 aliphatic heterocycles. The van der Waals surface area contributed by atoms with Crippen molar-refractivity contribution >= 4 is 20.5 Å². The van der Waals surface area contributed by atoms with E-state index in [1.54, 1.807) is 30.3 Å². The molecule has 1 rings (SSSR count). The molecular weight excluding hydrogens is 438 g/mol. The van der Waals surface area contributed by atoms with Gasteiger partial charge in [0.05, 0.1) is 11.5 Å². The zero-order valence-corrected chi connectivity index (χ0v) is 23.5. The van der Waals surface area contributed by atoms with Gasteiger partial charge in [-0.1, -0.05) is 82.9 Å². The Kier molecular flexibility index (Phi) is 24.9. The van der Waals surface area contributed by atoms with Gasteiger partial charge in [-0.3, -0.25) is 12.6 Å². The molecule has 0 heterocycles. The molecular formula is C18H30Na2O7S2. The molecule has 29 heavy (non-hydrogen) atoms. The maximum Gasteiger partial charge on any atom is 1.00 e. The molecule has 158 valence electrons. The molecule has 0 radical (unpaired) electrons. The molecule has 0 bridgehead atoms. The van der Waals surface area contributed by atoms with Crippen molar-refractivity contribution in [1.82, 2.24) is 0 Å². The second-order valence-electron chi connectivity index (χ2n) is 6.18. The predicted octanol–water partition coefficient (Wildman–Crippen LogP) is -2.02. The summed E-state index contributed by atoms with van der Waals surface area (Å²) in [5.74, 6) is 0. The van der Waals surface area contributed by atoms with Gasteiger partial charge in [0.1, 0.15) is 0 Å². The Bertz CT molecular complexity index is 673. The Morgan fingerprint density at radius 1 is 0.724 bits per heavy atom. The van der Waals surface area contributed by atoms with E-state index in [2.05, 4.69) is 6.92 Å². The van der Waals surface area contributed by atoms with E-state index in [0.717, 1.165) is 12.8 Å². The zero-order valence-electron chi connectivity index (χ0n) is 17.8. The Labute approximate surface area is 220 Å². The Morgan fingerprint density at radius 3 is 1.52 bits per heavy atom. The van der Waals surface area contributed by atoms with Crippen molar-refractivity contribution in [3.63, 3.8) is 0 Å². The largest absolute Gasteiger partial charge is 1.00 e. The first-order valence-electron chi connectivity index (χ1n) is 9.28. The molecule has 0 aliphatic rings. The molecule has 0 unspecified atom stereocenters. The van der Waals surface area contributed by atoms with Crippen LogP contribution in [0.25, 0.3) is 0 Å². The maximum absolute atomic E-state index is 11.9. The van der Waals surface area contributed by atoms with Crippen LogP contribution in [0.4, 0.5) is 0 Å². The van der Waals surface area contributed by atoms with Crippen LogP contribution in [0.1, 0.15) is 71.1 Å². The third-order valence-corrected chi connectivity index (χ3v) is 5.09. The molecule has 7 nitrogen and oxygen atoms in total. The van der Waals surface area contributed by atoms with Crippen LogP contribution in [0.2, 0.25) is 0 Å². The van der Waals surface area contributed by atoms with Gasteiger partial charge in [0.2, 0.25) is 0 Å². The normalized spacial score (nSPS) is 10.9. The number of benzene rings is 1. The molecule has 0 saturated heterocycles. The Hall–Kier alpha value is 1.000. The van der Waals surface area contributed by atoms with Crippen molar-refractivity contribution in [3.8, 4) is 0 Å². The first-order valence-corrected chi connectivity index (χ1v) is 12.0. The van der Waals surface area contributed by atoms with E-state index in [0.29, 0.717) is 0 Å². The molecule has 0 saturated carbocycles. The third-order valence-electron chi connectivity index (χ3n) is 3.77. The molecule has 1 aromatic rings. The molecule has 1 aromatic carbocycles. The van der Waals surface area contributed by atoms with Crippen LogP contribution in [0.5, 0.6) is 0 Å². The topological polar surface area (TPSA) is 124 Å². The first kappa shape index (κ1) is 34.6. The van der Waals surface area contributed by atoms with E-state index in [-0.39, 0.29) is 70.6 Å². The summed E-state index contributed by atoms with van der Waals surface area (Å²) in [6, 6.07) is 8.33. The summed E-state index contributed by atoms with van der Waals surface area (Å²) in [4.78, 5) is 0.238. The van der Waals surface area contributed by atoms with E-state index in [1.165, 1.54) is 51.4 Å². The zero-order chi connectivity index (χ0) is 20.6. The van der Waals surface area contributed by atoms with Crippen LogP contribution in [-0.4, -0.2) is 32.5 Å². The molecule has 0 fully saturated rings. The van der Waals surface area contributed by atoms with Crippen LogP contribution >= 0.6 is 0 Å². The summed E-state index contributed by atoms with van der Waals surface area (Å²) in [6.07, 6.45) is 12.3. The van der Waals surface area contributed by atoms with Crippen LogP contribution in [0.3, 0.4) is 0 Å². The van der Waals surface area contributed by atoms with E-state index in [9.17, 15) is 8.42 Å². The van der Waals surface area contributed by atoms with Crippen LogP contribution in [0, 0.1) is 0 Å². The van der Waals surface area contributed by atoms with E-state index in [4.69, 9.17) is 21.7 Å². The number of hydrogen-bond acceptors (Lipinski definition) is 7. The molecule has 0 atom stereocenters. The van der Waals surface area contributed by atoms with Crippen LogP contribution in [-0.2, 0) is 24.7 Å². The van der Waals surface area contributed by atoms with Crippen molar-refractivity contribution in [2.45, 2.75) is 76.0 Å². The second kappa shape index (κ2) is 20.9. The van der Waals surface area contributed by atoms with Gasteiger partial charge in [0, 0.05) is 10.4 Å². The number of rotatable bonds is 13. The summed E-state index contributed by atoms with van der Waals surface area (Å²) in [7, 11) is -8.74. The summed E-state index contributed by atoms with van der Waals surface area (Å²) < 4.78 is 62.9. The van der Waals surface area contributed by atoms with Crippen LogP contribution in [0.15, 0.2) is 35.2 Å². The summed E-state index contributed by atoms with van der Waals surface area (Å²) in [5.41, 5.74) is 0. The van der Waals surface area contributed by atoms with Gasteiger partial charge in [-0.15, -0.1) is 0 Å². The van der Waals surface area contributed by atoms with Crippen LogP contribution < -0.4 is 59.1 Å². The van der Waals surface area contributed by atoms with Crippen molar-refractivity contribution in [1.29, 1.82) is 0 Å². The van der Waals surface area contributed by atoms with Crippen molar-refractivity contribution < 1.29 is 89.2 Å². The average Bonchev–Trinajstić information content (AvgIpc) is 2.59. The molecule has 0 N–H and O–H groups in total. The monoisotopic (exact) mass is 468 g/mol. The number of hydrogen-bond donors (Lipinski definition) is 0.